The predicted molar refractivity (Wildman–Crippen MR) is 56.2 cm³/mol. The molecular formula is C11H19N. The lowest BCUT2D eigenvalue weighted by atomic mass is 10.1. The van der Waals surface area contributed by atoms with Gasteiger partial charge in [-0.25, -0.2) is 0 Å². The van der Waals surface area contributed by atoms with Gasteiger partial charge in [-0.1, -0.05) is 43.9 Å². The normalized spacial score (nSPS) is 14.2. The van der Waals surface area contributed by atoms with E-state index in [0.29, 0.717) is 5.92 Å². The zero-order chi connectivity index (χ0) is 9.23. The molecule has 1 heteroatoms. The highest BCUT2D eigenvalue weighted by Crippen LogP contribution is 2.00. The highest BCUT2D eigenvalue weighted by atomic mass is 14.8. The smallest absolute Gasteiger partial charge is 0.00232 e. The van der Waals surface area contributed by atoms with Crippen LogP contribution in [0.1, 0.15) is 13.3 Å². The minimum absolute atomic E-state index is 0.711. The Morgan fingerprint density at radius 3 is 2.67 bits per heavy atom. The van der Waals surface area contributed by atoms with Gasteiger partial charge in [-0.15, -0.1) is 0 Å². The topological polar surface area (TPSA) is 12.0 Å². The van der Waals surface area contributed by atoms with Crippen LogP contribution in [0.15, 0.2) is 37.0 Å². The first kappa shape index (κ1) is 11.2. The molecule has 1 atom stereocenters. The lowest BCUT2D eigenvalue weighted by molar-refractivity contribution is 0.551. The number of allylic oxidation sites excluding steroid dienone is 5. The Morgan fingerprint density at radius 1 is 1.33 bits per heavy atom. The second kappa shape index (κ2) is 8.28. The molecule has 0 aliphatic rings. The molecular weight excluding hydrogens is 146 g/mol. The SMILES string of the molecule is C=C/C=C\C=C/CC(C)CNC. The van der Waals surface area contributed by atoms with Crippen molar-refractivity contribution in [1.29, 1.82) is 0 Å². The lowest BCUT2D eigenvalue weighted by Gasteiger charge is -2.05. The van der Waals surface area contributed by atoms with Gasteiger partial charge in [0.25, 0.3) is 0 Å². The van der Waals surface area contributed by atoms with E-state index in [4.69, 9.17) is 0 Å². The van der Waals surface area contributed by atoms with Crippen LogP contribution in [0, 0.1) is 5.92 Å². The maximum Gasteiger partial charge on any atom is -0.00232 e. The molecule has 12 heavy (non-hydrogen) atoms. The molecule has 0 spiro atoms. The molecule has 0 saturated heterocycles. The van der Waals surface area contributed by atoms with Crippen LogP contribution < -0.4 is 5.32 Å². The summed E-state index contributed by atoms with van der Waals surface area (Å²) in [6.45, 7) is 6.91. The van der Waals surface area contributed by atoms with Crippen molar-refractivity contribution in [2.45, 2.75) is 13.3 Å². The van der Waals surface area contributed by atoms with E-state index in [1.807, 2.05) is 19.2 Å². The summed E-state index contributed by atoms with van der Waals surface area (Å²) < 4.78 is 0. The van der Waals surface area contributed by atoms with Crippen LogP contribution in [0.5, 0.6) is 0 Å². The molecule has 1 nitrogen and oxygen atoms in total. The van der Waals surface area contributed by atoms with Crippen LogP contribution in [0.4, 0.5) is 0 Å². The van der Waals surface area contributed by atoms with Crippen LogP contribution >= 0.6 is 0 Å². The van der Waals surface area contributed by atoms with Crippen molar-refractivity contribution in [2.24, 2.45) is 5.92 Å². The van der Waals surface area contributed by atoms with Crippen molar-refractivity contribution in [3.63, 3.8) is 0 Å². The van der Waals surface area contributed by atoms with Crippen LogP contribution in [0.25, 0.3) is 0 Å². The Morgan fingerprint density at radius 2 is 2.08 bits per heavy atom. The standard InChI is InChI=1S/C11H19N/c1-4-5-6-7-8-9-11(2)10-12-3/h4-8,11-12H,1,9-10H2,2-3H3/b6-5-,8-7-. The fraction of sp³-hybridized carbons (Fsp3) is 0.455. The molecule has 0 bridgehead atoms. The van der Waals surface area contributed by atoms with Crippen molar-refractivity contribution in [2.75, 3.05) is 13.6 Å². The summed E-state index contributed by atoms with van der Waals surface area (Å²) in [7, 11) is 1.98. The molecule has 68 valence electrons. The number of hydrogen-bond donors (Lipinski definition) is 1. The average Bonchev–Trinajstić information content (AvgIpc) is 2.05. The van der Waals surface area contributed by atoms with E-state index >= 15 is 0 Å². The monoisotopic (exact) mass is 165 g/mol. The molecule has 0 aromatic heterocycles. The first-order valence-electron chi connectivity index (χ1n) is 4.40. The molecule has 0 heterocycles. The van der Waals surface area contributed by atoms with Gasteiger partial charge in [0.05, 0.1) is 0 Å². The molecule has 0 aromatic carbocycles. The fourth-order valence-corrected chi connectivity index (χ4v) is 0.964. The molecule has 0 fully saturated rings. The average molecular weight is 165 g/mol. The summed E-state index contributed by atoms with van der Waals surface area (Å²) >= 11 is 0. The third-order valence-electron chi connectivity index (χ3n) is 1.59. The summed E-state index contributed by atoms with van der Waals surface area (Å²) in [6, 6.07) is 0. The van der Waals surface area contributed by atoms with Crippen LogP contribution in [-0.2, 0) is 0 Å². The third kappa shape index (κ3) is 7.29. The number of rotatable bonds is 6. The maximum atomic E-state index is 3.59. The summed E-state index contributed by atoms with van der Waals surface area (Å²) in [6.07, 6.45) is 11.1. The fourth-order valence-electron chi connectivity index (χ4n) is 0.964. The van der Waals surface area contributed by atoms with Gasteiger partial charge in [-0.05, 0) is 25.9 Å². The lowest BCUT2D eigenvalue weighted by Crippen LogP contribution is -2.15. The Kier molecular flexibility index (Phi) is 7.71. The van der Waals surface area contributed by atoms with Gasteiger partial charge in [0.1, 0.15) is 0 Å². The highest BCUT2D eigenvalue weighted by Gasteiger charge is 1.94. The van der Waals surface area contributed by atoms with Crippen molar-refractivity contribution in [3.8, 4) is 0 Å². The molecule has 1 N–H and O–H groups in total. The van der Waals surface area contributed by atoms with Gasteiger partial charge in [0.2, 0.25) is 0 Å². The van der Waals surface area contributed by atoms with Crippen molar-refractivity contribution >= 4 is 0 Å². The first-order chi connectivity index (χ1) is 5.81. The van der Waals surface area contributed by atoms with Gasteiger partial charge in [0.15, 0.2) is 0 Å². The van der Waals surface area contributed by atoms with Gasteiger partial charge in [-0.2, -0.15) is 0 Å². The van der Waals surface area contributed by atoms with Crippen LogP contribution in [0.2, 0.25) is 0 Å². The molecule has 0 rings (SSSR count). The van der Waals surface area contributed by atoms with E-state index in [2.05, 4.69) is 31.0 Å². The largest absolute Gasteiger partial charge is 0.319 e. The second-order valence-corrected chi connectivity index (χ2v) is 2.95. The zero-order valence-electron chi connectivity index (χ0n) is 8.09. The van der Waals surface area contributed by atoms with Gasteiger partial charge in [-0.3, -0.25) is 0 Å². The number of nitrogens with one attached hydrogen (secondary N) is 1. The van der Waals surface area contributed by atoms with Crippen molar-refractivity contribution in [1.82, 2.24) is 5.32 Å². The Hall–Kier alpha value is -0.820. The van der Waals surface area contributed by atoms with E-state index in [0.717, 1.165) is 13.0 Å². The maximum absolute atomic E-state index is 3.59. The second-order valence-electron chi connectivity index (χ2n) is 2.95. The van der Waals surface area contributed by atoms with Crippen molar-refractivity contribution < 1.29 is 0 Å². The van der Waals surface area contributed by atoms with E-state index in [9.17, 15) is 0 Å². The predicted octanol–water partition coefficient (Wildman–Crippen LogP) is 2.53. The molecule has 0 aromatic rings. The van der Waals surface area contributed by atoms with Gasteiger partial charge in [0, 0.05) is 0 Å². The van der Waals surface area contributed by atoms with Crippen molar-refractivity contribution in [3.05, 3.63) is 37.0 Å². The zero-order valence-corrected chi connectivity index (χ0v) is 8.09. The molecule has 1 unspecified atom stereocenters. The third-order valence-corrected chi connectivity index (χ3v) is 1.59. The minimum Gasteiger partial charge on any atom is -0.319 e. The van der Waals surface area contributed by atoms with Gasteiger partial charge < -0.3 is 5.32 Å². The summed E-state index contributed by atoms with van der Waals surface area (Å²) in [5, 5.41) is 3.15. The number of hydrogen-bond acceptors (Lipinski definition) is 1. The molecule has 0 radical (unpaired) electrons. The van der Waals surface area contributed by atoms with Crippen LogP contribution in [-0.4, -0.2) is 13.6 Å². The highest BCUT2D eigenvalue weighted by molar-refractivity contribution is 5.08. The molecule has 0 aliphatic carbocycles. The summed E-state index contributed by atoms with van der Waals surface area (Å²) in [5.74, 6) is 0.711. The molecule has 0 saturated carbocycles. The first-order valence-corrected chi connectivity index (χ1v) is 4.40. The van der Waals surface area contributed by atoms with E-state index < -0.39 is 0 Å². The summed E-state index contributed by atoms with van der Waals surface area (Å²) in [4.78, 5) is 0. The van der Waals surface area contributed by atoms with E-state index in [-0.39, 0.29) is 0 Å². The minimum atomic E-state index is 0.711. The van der Waals surface area contributed by atoms with Gasteiger partial charge >= 0.3 is 0 Å². The Bertz CT molecular complexity index is 156. The van der Waals surface area contributed by atoms with E-state index in [1.54, 1.807) is 6.08 Å². The summed E-state index contributed by atoms with van der Waals surface area (Å²) in [5.41, 5.74) is 0. The quantitative estimate of drug-likeness (QED) is 0.596. The Balaban J connectivity index is 3.45. The molecule has 0 aliphatic heterocycles. The van der Waals surface area contributed by atoms with E-state index in [1.165, 1.54) is 0 Å². The van der Waals surface area contributed by atoms with Crippen LogP contribution in [0.3, 0.4) is 0 Å². The Labute approximate surface area is 75.9 Å². The molecule has 0 amide bonds.